The molecule has 0 atom stereocenters. The van der Waals surface area contributed by atoms with Gasteiger partial charge < -0.3 is 10.5 Å². The number of benzene rings is 2. The minimum Gasteiger partial charge on any atom is -0.456 e. The summed E-state index contributed by atoms with van der Waals surface area (Å²) in [6, 6.07) is 17.0. The van der Waals surface area contributed by atoms with Crippen molar-refractivity contribution >= 4 is 28.5 Å². The minimum atomic E-state index is -0.494. The van der Waals surface area contributed by atoms with E-state index in [1.165, 1.54) is 0 Å². The number of ether oxygens (including phenoxy) is 1. The Morgan fingerprint density at radius 1 is 1.04 bits per heavy atom. The Kier molecular flexibility index (Phi) is 3.35. The zero-order valence-electron chi connectivity index (χ0n) is 12.7. The molecule has 4 aromatic rings. The SMILES string of the molecule is Nc1nc2ccccc2c2nc(C(=O)OCc3ccccc3)cn12. The van der Waals surface area contributed by atoms with Crippen LogP contribution in [-0.2, 0) is 11.3 Å². The highest BCUT2D eigenvalue weighted by molar-refractivity contribution is 5.95. The van der Waals surface area contributed by atoms with Gasteiger partial charge in [-0.2, -0.15) is 0 Å². The molecule has 6 nitrogen and oxygen atoms in total. The summed E-state index contributed by atoms with van der Waals surface area (Å²) in [6.07, 6.45) is 1.55. The standard InChI is InChI=1S/C18H14N4O2/c19-18-21-14-9-5-4-8-13(14)16-20-15(10-22(16)18)17(23)24-11-12-6-2-1-3-7-12/h1-10H,11H2,(H2,19,21). The van der Waals surface area contributed by atoms with Gasteiger partial charge in [0.1, 0.15) is 12.3 Å². The third-order valence-corrected chi connectivity index (χ3v) is 3.75. The number of aromatic nitrogens is 3. The summed E-state index contributed by atoms with van der Waals surface area (Å²) in [5.41, 5.74) is 8.40. The normalized spacial score (nSPS) is 11.0. The number of fused-ring (bicyclic) bond motifs is 3. The monoisotopic (exact) mass is 318 g/mol. The fraction of sp³-hybridized carbons (Fsp3) is 0.0556. The Morgan fingerprint density at radius 2 is 1.79 bits per heavy atom. The van der Waals surface area contributed by atoms with Gasteiger partial charge in [-0.3, -0.25) is 4.40 Å². The first kappa shape index (κ1) is 14.2. The molecule has 24 heavy (non-hydrogen) atoms. The number of nitrogen functional groups attached to an aromatic ring is 1. The van der Waals surface area contributed by atoms with Crippen LogP contribution in [0, 0.1) is 0 Å². The highest BCUT2D eigenvalue weighted by Crippen LogP contribution is 2.21. The molecule has 0 aliphatic carbocycles. The average molecular weight is 318 g/mol. The summed E-state index contributed by atoms with van der Waals surface area (Å²) in [5.74, 6) is -0.218. The molecule has 0 aliphatic rings. The molecule has 0 fully saturated rings. The van der Waals surface area contributed by atoms with Gasteiger partial charge >= 0.3 is 5.97 Å². The van der Waals surface area contributed by atoms with Crippen LogP contribution < -0.4 is 5.73 Å². The van der Waals surface area contributed by atoms with Crippen LogP contribution in [0.3, 0.4) is 0 Å². The summed E-state index contributed by atoms with van der Waals surface area (Å²) >= 11 is 0. The molecule has 0 radical (unpaired) electrons. The number of nitrogens with two attached hydrogens (primary N) is 1. The molecule has 0 aliphatic heterocycles. The van der Waals surface area contributed by atoms with Crippen molar-refractivity contribution in [3.05, 3.63) is 72.1 Å². The Labute approximate surface area is 137 Å². The second-order valence-corrected chi connectivity index (χ2v) is 5.37. The number of hydrogen-bond acceptors (Lipinski definition) is 5. The summed E-state index contributed by atoms with van der Waals surface area (Å²) in [5, 5.41) is 0.828. The summed E-state index contributed by atoms with van der Waals surface area (Å²) in [6.45, 7) is 0.196. The van der Waals surface area contributed by atoms with Crippen LogP contribution in [0.5, 0.6) is 0 Å². The van der Waals surface area contributed by atoms with Gasteiger partial charge in [-0.15, -0.1) is 0 Å². The van der Waals surface area contributed by atoms with Crippen LogP contribution in [0.4, 0.5) is 5.95 Å². The maximum Gasteiger partial charge on any atom is 0.358 e. The fourth-order valence-corrected chi connectivity index (χ4v) is 2.58. The maximum absolute atomic E-state index is 12.3. The number of carbonyl (C=O) groups is 1. The highest BCUT2D eigenvalue weighted by atomic mass is 16.5. The number of para-hydroxylation sites is 1. The number of rotatable bonds is 3. The van der Waals surface area contributed by atoms with Gasteiger partial charge in [-0.05, 0) is 17.7 Å². The molecule has 2 aromatic heterocycles. The molecule has 2 aromatic carbocycles. The fourth-order valence-electron chi connectivity index (χ4n) is 2.58. The molecular formula is C18H14N4O2. The minimum absolute atomic E-state index is 0.196. The van der Waals surface area contributed by atoms with E-state index in [1.54, 1.807) is 10.6 Å². The number of carbonyl (C=O) groups excluding carboxylic acids is 1. The molecular weight excluding hydrogens is 304 g/mol. The lowest BCUT2D eigenvalue weighted by Crippen LogP contribution is -2.05. The number of nitrogens with zero attached hydrogens (tertiary/aromatic N) is 3. The molecule has 0 saturated carbocycles. The first-order valence-corrected chi connectivity index (χ1v) is 7.47. The lowest BCUT2D eigenvalue weighted by atomic mass is 10.2. The van der Waals surface area contributed by atoms with Crippen molar-refractivity contribution in [1.82, 2.24) is 14.4 Å². The lowest BCUT2D eigenvalue weighted by Gasteiger charge is -2.02. The molecule has 2 N–H and O–H groups in total. The quantitative estimate of drug-likeness (QED) is 0.587. The van der Waals surface area contributed by atoms with Crippen LogP contribution >= 0.6 is 0 Å². The van der Waals surface area contributed by atoms with Crippen molar-refractivity contribution in [3.8, 4) is 0 Å². The molecule has 0 saturated heterocycles. The summed E-state index contributed by atoms with van der Waals surface area (Å²) in [7, 11) is 0. The van der Waals surface area contributed by atoms with Crippen molar-refractivity contribution in [3.63, 3.8) is 0 Å². The summed E-state index contributed by atoms with van der Waals surface area (Å²) < 4.78 is 6.92. The molecule has 4 rings (SSSR count). The van der Waals surface area contributed by atoms with Crippen molar-refractivity contribution < 1.29 is 9.53 Å². The first-order valence-electron chi connectivity index (χ1n) is 7.47. The van der Waals surface area contributed by atoms with E-state index >= 15 is 0 Å². The van der Waals surface area contributed by atoms with Gasteiger partial charge in [0.2, 0.25) is 5.95 Å². The van der Waals surface area contributed by atoms with Crippen molar-refractivity contribution in [1.29, 1.82) is 0 Å². The van der Waals surface area contributed by atoms with Crippen LogP contribution in [0.15, 0.2) is 60.8 Å². The molecule has 2 heterocycles. The van der Waals surface area contributed by atoms with E-state index in [4.69, 9.17) is 10.5 Å². The van der Waals surface area contributed by atoms with E-state index in [1.807, 2.05) is 54.6 Å². The van der Waals surface area contributed by atoms with Crippen molar-refractivity contribution in [2.45, 2.75) is 6.61 Å². The van der Waals surface area contributed by atoms with Gasteiger partial charge in [0.25, 0.3) is 0 Å². The Hall–Kier alpha value is -3.41. The average Bonchev–Trinajstić information content (AvgIpc) is 3.07. The van der Waals surface area contributed by atoms with E-state index in [2.05, 4.69) is 9.97 Å². The molecule has 118 valence electrons. The lowest BCUT2D eigenvalue weighted by molar-refractivity contribution is 0.0466. The van der Waals surface area contributed by atoms with Crippen LogP contribution in [0.2, 0.25) is 0 Å². The third-order valence-electron chi connectivity index (χ3n) is 3.75. The number of hydrogen-bond donors (Lipinski definition) is 1. The zero-order chi connectivity index (χ0) is 16.5. The van der Waals surface area contributed by atoms with E-state index in [0.717, 1.165) is 16.5 Å². The zero-order valence-corrected chi connectivity index (χ0v) is 12.7. The Morgan fingerprint density at radius 3 is 2.62 bits per heavy atom. The van der Waals surface area contributed by atoms with Gasteiger partial charge in [0, 0.05) is 11.6 Å². The topological polar surface area (TPSA) is 82.5 Å². The van der Waals surface area contributed by atoms with E-state index in [9.17, 15) is 4.79 Å². The molecule has 0 unspecified atom stereocenters. The van der Waals surface area contributed by atoms with Crippen LogP contribution in [-0.4, -0.2) is 20.3 Å². The molecule has 0 spiro atoms. The number of esters is 1. The van der Waals surface area contributed by atoms with Crippen LogP contribution in [0.25, 0.3) is 16.6 Å². The van der Waals surface area contributed by atoms with E-state index in [-0.39, 0.29) is 18.2 Å². The van der Waals surface area contributed by atoms with E-state index < -0.39 is 5.97 Å². The van der Waals surface area contributed by atoms with Crippen molar-refractivity contribution in [2.75, 3.05) is 5.73 Å². The smallest absolute Gasteiger partial charge is 0.358 e. The third kappa shape index (κ3) is 2.44. The second-order valence-electron chi connectivity index (χ2n) is 5.37. The molecule has 6 heteroatoms. The van der Waals surface area contributed by atoms with Crippen LogP contribution in [0.1, 0.15) is 16.1 Å². The Bertz CT molecular complexity index is 1040. The largest absolute Gasteiger partial charge is 0.456 e. The highest BCUT2D eigenvalue weighted by Gasteiger charge is 2.16. The van der Waals surface area contributed by atoms with Crippen molar-refractivity contribution in [2.24, 2.45) is 0 Å². The van der Waals surface area contributed by atoms with E-state index in [0.29, 0.717) is 5.65 Å². The number of imidazole rings is 1. The summed E-state index contributed by atoms with van der Waals surface area (Å²) in [4.78, 5) is 21.0. The van der Waals surface area contributed by atoms with Gasteiger partial charge in [0.15, 0.2) is 5.69 Å². The maximum atomic E-state index is 12.3. The molecule has 0 bridgehead atoms. The first-order chi connectivity index (χ1) is 11.7. The molecule has 0 amide bonds. The predicted octanol–water partition coefficient (Wildman–Crippen LogP) is 2.82. The van der Waals surface area contributed by atoms with Gasteiger partial charge in [0.05, 0.1) is 5.52 Å². The Balaban J connectivity index is 1.68. The van der Waals surface area contributed by atoms with Gasteiger partial charge in [-0.1, -0.05) is 42.5 Å². The predicted molar refractivity (Wildman–Crippen MR) is 90.5 cm³/mol. The second kappa shape index (κ2) is 5.66. The van der Waals surface area contributed by atoms with Gasteiger partial charge in [-0.25, -0.2) is 14.8 Å². The number of anilines is 1.